The standard InChI is InChI=1S/C24H39N7O2/c1-15-10-18-20(11-16(15)2)29(14-28-18)12-17(25)13-31(26)21(24(3,4)5)23(33)30-9-7-8-19(30)22(32)27-6/h10-11,13,19,21,28H,7-9,12,14,25-26H2,1-6H3,(H,27,32)/b17-13-/t19-,21+/m0/s1. The number of likely N-dealkylation sites (tertiary alicyclic amines) is 1. The molecule has 0 radical (unpaired) electrons. The molecule has 9 nitrogen and oxygen atoms in total. The number of carbonyl (C=O) groups is 2. The summed E-state index contributed by atoms with van der Waals surface area (Å²) in [6.07, 6.45) is 3.10. The maximum absolute atomic E-state index is 13.6. The number of benzene rings is 1. The van der Waals surface area contributed by atoms with Crippen molar-refractivity contribution in [3.05, 3.63) is 35.2 Å². The number of fused-ring (bicyclic) bond motifs is 1. The predicted molar refractivity (Wildman–Crippen MR) is 132 cm³/mol. The van der Waals surface area contributed by atoms with Crippen LogP contribution in [0.5, 0.6) is 0 Å². The molecule has 0 aromatic heterocycles. The summed E-state index contributed by atoms with van der Waals surface area (Å²) in [7, 11) is 1.59. The van der Waals surface area contributed by atoms with Gasteiger partial charge in [0.1, 0.15) is 12.1 Å². The number of hydrogen-bond donors (Lipinski definition) is 4. The Morgan fingerprint density at radius 1 is 1.30 bits per heavy atom. The van der Waals surface area contributed by atoms with Gasteiger partial charge in [-0.05, 0) is 55.4 Å². The van der Waals surface area contributed by atoms with Crippen molar-refractivity contribution in [3.63, 3.8) is 0 Å². The average molecular weight is 458 g/mol. The molecular formula is C24H39N7O2. The van der Waals surface area contributed by atoms with E-state index in [-0.39, 0.29) is 11.8 Å². The van der Waals surface area contributed by atoms with E-state index < -0.39 is 17.5 Å². The molecule has 0 bridgehead atoms. The van der Waals surface area contributed by atoms with E-state index in [0.717, 1.165) is 17.8 Å². The van der Waals surface area contributed by atoms with Crippen LogP contribution in [0, 0.1) is 19.3 Å². The van der Waals surface area contributed by atoms with E-state index in [4.69, 9.17) is 11.6 Å². The second-order valence-electron chi connectivity index (χ2n) is 10.2. The molecule has 1 aromatic carbocycles. The van der Waals surface area contributed by atoms with Gasteiger partial charge in [0.05, 0.1) is 24.6 Å². The molecule has 182 valence electrons. The van der Waals surface area contributed by atoms with Crippen molar-refractivity contribution in [2.45, 2.75) is 59.5 Å². The molecule has 0 aliphatic carbocycles. The molecule has 0 spiro atoms. The molecule has 2 heterocycles. The van der Waals surface area contributed by atoms with Crippen LogP contribution in [0.15, 0.2) is 24.0 Å². The molecule has 33 heavy (non-hydrogen) atoms. The highest BCUT2D eigenvalue weighted by Crippen LogP contribution is 2.34. The van der Waals surface area contributed by atoms with E-state index in [1.165, 1.54) is 16.1 Å². The van der Waals surface area contributed by atoms with Crippen molar-refractivity contribution in [1.29, 1.82) is 0 Å². The minimum Gasteiger partial charge on any atom is -0.399 e. The zero-order valence-electron chi connectivity index (χ0n) is 20.7. The molecule has 0 saturated carbocycles. The molecule has 2 aliphatic heterocycles. The summed E-state index contributed by atoms with van der Waals surface area (Å²) in [5.74, 6) is 6.14. The monoisotopic (exact) mass is 457 g/mol. The minimum atomic E-state index is -0.657. The summed E-state index contributed by atoms with van der Waals surface area (Å²) in [5, 5.41) is 7.48. The van der Waals surface area contributed by atoms with Crippen LogP contribution >= 0.6 is 0 Å². The molecule has 1 saturated heterocycles. The summed E-state index contributed by atoms with van der Waals surface area (Å²) in [6, 6.07) is 3.19. The summed E-state index contributed by atoms with van der Waals surface area (Å²) < 4.78 is 0. The molecular weight excluding hydrogens is 418 g/mol. The lowest BCUT2D eigenvalue weighted by Crippen LogP contribution is -2.58. The molecule has 3 rings (SSSR count). The van der Waals surface area contributed by atoms with Gasteiger partial charge < -0.3 is 31.2 Å². The first-order valence-corrected chi connectivity index (χ1v) is 11.6. The van der Waals surface area contributed by atoms with Gasteiger partial charge in [-0.2, -0.15) is 0 Å². The molecule has 9 heteroatoms. The topological polar surface area (TPSA) is 120 Å². The van der Waals surface area contributed by atoms with Gasteiger partial charge in [-0.15, -0.1) is 0 Å². The van der Waals surface area contributed by atoms with E-state index in [1.54, 1.807) is 18.1 Å². The number of nitrogens with zero attached hydrogens (tertiary/aromatic N) is 3. The van der Waals surface area contributed by atoms with Crippen molar-refractivity contribution < 1.29 is 9.59 Å². The molecule has 2 aliphatic rings. The smallest absolute Gasteiger partial charge is 0.248 e. The third kappa shape index (κ3) is 5.19. The van der Waals surface area contributed by atoms with E-state index in [0.29, 0.717) is 31.9 Å². The number of nitrogens with one attached hydrogen (secondary N) is 2. The fourth-order valence-electron chi connectivity index (χ4n) is 4.71. The first-order valence-electron chi connectivity index (χ1n) is 11.6. The fraction of sp³-hybridized carbons (Fsp3) is 0.583. The number of likely N-dealkylation sites (N-methyl/N-ethyl adjacent to an activating group) is 1. The lowest BCUT2D eigenvalue weighted by Gasteiger charge is -2.39. The third-order valence-corrected chi connectivity index (χ3v) is 6.54. The van der Waals surface area contributed by atoms with E-state index in [1.807, 2.05) is 20.8 Å². The van der Waals surface area contributed by atoms with Gasteiger partial charge in [0.15, 0.2) is 0 Å². The summed E-state index contributed by atoms with van der Waals surface area (Å²) in [6.45, 7) is 11.8. The van der Waals surface area contributed by atoms with Crippen LogP contribution in [-0.2, 0) is 9.59 Å². The van der Waals surface area contributed by atoms with Crippen LogP contribution in [0.25, 0.3) is 0 Å². The van der Waals surface area contributed by atoms with Gasteiger partial charge in [0.25, 0.3) is 0 Å². The summed E-state index contributed by atoms with van der Waals surface area (Å²) in [5.41, 5.74) is 11.1. The second kappa shape index (κ2) is 9.51. The molecule has 1 aromatic rings. The number of amides is 2. The number of rotatable bonds is 6. The molecule has 0 unspecified atom stereocenters. The van der Waals surface area contributed by atoms with Crippen LogP contribution in [-0.4, -0.2) is 60.6 Å². The number of nitrogens with two attached hydrogens (primary N) is 2. The highest BCUT2D eigenvalue weighted by Gasteiger charge is 2.42. The molecule has 1 fully saturated rings. The average Bonchev–Trinajstić information content (AvgIpc) is 3.34. The van der Waals surface area contributed by atoms with Gasteiger partial charge in [0, 0.05) is 25.5 Å². The van der Waals surface area contributed by atoms with Crippen molar-refractivity contribution in [3.8, 4) is 0 Å². The lowest BCUT2D eigenvalue weighted by molar-refractivity contribution is -0.145. The maximum atomic E-state index is 13.6. The summed E-state index contributed by atoms with van der Waals surface area (Å²) >= 11 is 0. The Labute approximate surface area is 197 Å². The van der Waals surface area contributed by atoms with Gasteiger partial charge >= 0.3 is 0 Å². The normalized spacial score (nSPS) is 19.2. The Kier molecular flexibility index (Phi) is 7.11. The van der Waals surface area contributed by atoms with Crippen LogP contribution in [0.1, 0.15) is 44.7 Å². The largest absolute Gasteiger partial charge is 0.399 e. The van der Waals surface area contributed by atoms with Gasteiger partial charge in [0.2, 0.25) is 11.8 Å². The van der Waals surface area contributed by atoms with Gasteiger partial charge in [-0.1, -0.05) is 20.8 Å². The zero-order chi connectivity index (χ0) is 24.5. The second-order valence-corrected chi connectivity index (χ2v) is 10.2. The van der Waals surface area contributed by atoms with E-state index in [9.17, 15) is 9.59 Å². The van der Waals surface area contributed by atoms with Crippen molar-refractivity contribution in [2.24, 2.45) is 17.0 Å². The van der Waals surface area contributed by atoms with Crippen LogP contribution < -0.4 is 27.1 Å². The zero-order valence-corrected chi connectivity index (χ0v) is 20.7. The van der Waals surface area contributed by atoms with Gasteiger partial charge in [-0.25, -0.2) is 5.84 Å². The number of hydrogen-bond acceptors (Lipinski definition) is 7. The Morgan fingerprint density at radius 3 is 2.61 bits per heavy atom. The fourth-order valence-corrected chi connectivity index (χ4v) is 4.71. The Bertz CT molecular complexity index is 937. The molecule has 2 amide bonds. The Balaban J connectivity index is 1.78. The number of carbonyl (C=O) groups excluding carboxylic acids is 2. The highest BCUT2D eigenvalue weighted by molar-refractivity contribution is 5.90. The number of aryl methyl sites for hydroxylation is 2. The van der Waals surface area contributed by atoms with Crippen LogP contribution in [0.2, 0.25) is 0 Å². The quantitative estimate of drug-likeness (QED) is 0.378. The van der Waals surface area contributed by atoms with Gasteiger partial charge in [-0.3, -0.25) is 9.59 Å². The van der Waals surface area contributed by atoms with Crippen molar-refractivity contribution >= 4 is 23.2 Å². The molecule has 2 atom stereocenters. The number of hydrazine groups is 1. The van der Waals surface area contributed by atoms with Crippen molar-refractivity contribution in [2.75, 3.05) is 37.0 Å². The Morgan fingerprint density at radius 2 is 1.97 bits per heavy atom. The first kappa shape index (κ1) is 24.7. The van der Waals surface area contributed by atoms with E-state index in [2.05, 4.69) is 41.5 Å². The lowest BCUT2D eigenvalue weighted by atomic mass is 9.85. The van der Waals surface area contributed by atoms with Crippen molar-refractivity contribution in [1.82, 2.24) is 15.2 Å². The summed E-state index contributed by atoms with van der Waals surface area (Å²) in [4.78, 5) is 29.7. The number of anilines is 2. The highest BCUT2D eigenvalue weighted by atomic mass is 16.2. The Hall–Kier alpha value is -2.94. The third-order valence-electron chi connectivity index (χ3n) is 6.54. The maximum Gasteiger partial charge on any atom is 0.248 e. The van der Waals surface area contributed by atoms with Crippen LogP contribution in [0.4, 0.5) is 11.4 Å². The van der Waals surface area contributed by atoms with Crippen LogP contribution in [0.3, 0.4) is 0 Å². The SMILES string of the molecule is CNC(=O)[C@@H]1CCCN1C(=O)[C@@H](N(N)/C=C(\N)CN1CNc2cc(C)c(C)cc21)C(C)(C)C. The predicted octanol–water partition coefficient (Wildman–Crippen LogP) is 1.62. The minimum absolute atomic E-state index is 0.141. The first-order chi connectivity index (χ1) is 15.4. The van der Waals surface area contributed by atoms with E-state index >= 15 is 0 Å². The molecule has 6 N–H and O–H groups in total.